The number of aryl methyl sites for hydroxylation is 1. The van der Waals surface area contributed by atoms with E-state index in [0.29, 0.717) is 11.5 Å². The van der Waals surface area contributed by atoms with Gasteiger partial charge in [-0.05, 0) is 25.1 Å². The van der Waals surface area contributed by atoms with Gasteiger partial charge in [0.15, 0.2) is 0 Å². The van der Waals surface area contributed by atoms with Crippen LogP contribution in [0.1, 0.15) is 4.88 Å². The Labute approximate surface area is 118 Å². The molecule has 0 aliphatic rings. The van der Waals surface area contributed by atoms with Gasteiger partial charge in [-0.2, -0.15) is 0 Å². The van der Waals surface area contributed by atoms with Crippen molar-refractivity contribution in [2.75, 3.05) is 0 Å². The monoisotopic (exact) mass is 286 g/mol. The van der Waals surface area contributed by atoms with Crippen LogP contribution in [0, 0.1) is 17.0 Å². The molecule has 0 aliphatic carbocycles. The average molecular weight is 286 g/mol. The number of hydrogen-bond acceptors (Lipinski definition) is 5. The minimum atomic E-state index is -0.433. The zero-order valence-corrected chi connectivity index (χ0v) is 11.4. The standard InChI is InChI=1S/C14H10N2O3S/c1-9-8-12-14(20-9)13(6-7-15-12)19-11-4-2-10(3-5-11)16(17)18/h2-8H,1H3. The number of hydrogen-bond donors (Lipinski definition) is 0. The number of pyridine rings is 1. The fourth-order valence-corrected chi connectivity index (χ4v) is 2.80. The lowest BCUT2D eigenvalue weighted by Gasteiger charge is -2.05. The maximum absolute atomic E-state index is 10.6. The van der Waals surface area contributed by atoms with E-state index in [1.165, 1.54) is 12.1 Å². The van der Waals surface area contributed by atoms with Crippen molar-refractivity contribution in [2.24, 2.45) is 0 Å². The molecular weight excluding hydrogens is 276 g/mol. The van der Waals surface area contributed by atoms with E-state index in [1.54, 1.807) is 35.7 Å². The van der Waals surface area contributed by atoms with Crippen LogP contribution in [0.2, 0.25) is 0 Å². The molecule has 0 saturated heterocycles. The first-order chi connectivity index (χ1) is 9.63. The Morgan fingerprint density at radius 1 is 1.25 bits per heavy atom. The topological polar surface area (TPSA) is 65.3 Å². The van der Waals surface area contributed by atoms with Crippen LogP contribution in [0.4, 0.5) is 5.69 Å². The van der Waals surface area contributed by atoms with E-state index in [9.17, 15) is 10.1 Å². The third-order valence-electron chi connectivity index (χ3n) is 2.77. The summed E-state index contributed by atoms with van der Waals surface area (Å²) in [6.45, 7) is 2.02. The number of nitro groups is 1. The summed E-state index contributed by atoms with van der Waals surface area (Å²) in [6.07, 6.45) is 1.69. The predicted octanol–water partition coefficient (Wildman–Crippen LogP) is 4.31. The Morgan fingerprint density at radius 3 is 2.70 bits per heavy atom. The highest BCUT2D eigenvalue weighted by molar-refractivity contribution is 7.19. The van der Waals surface area contributed by atoms with Gasteiger partial charge in [-0.25, -0.2) is 0 Å². The molecule has 3 aromatic rings. The molecule has 0 fully saturated rings. The first kappa shape index (κ1) is 12.6. The Balaban J connectivity index is 1.94. The van der Waals surface area contributed by atoms with Crippen LogP contribution in [-0.4, -0.2) is 9.91 Å². The summed E-state index contributed by atoms with van der Waals surface area (Å²) in [6, 6.07) is 9.82. The molecule has 0 aliphatic heterocycles. The lowest BCUT2D eigenvalue weighted by atomic mass is 10.3. The molecule has 5 nitrogen and oxygen atoms in total. The van der Waals surface area contributed by atoms with E-state index in [-0.39, 0.29) is 5.69 Å². The minimum Gasteiger partial charge on any atom is -0.456 e. The van der Waals surface area contributed by atoms with Gasteiger partial charge >= 0.3 is 0 Å². The maximum atomic E-state index is 10.6. The Bertz CT molecular complexity index is 781. The van der Waals surface area contributed by atoms with Crippen LogP contribution in [0.5, 0.6) is 11.5 Å². The van der Waals surface area contributed by atoms with E-state index in [4.69, 9.17) is 4.74 Å². The Morgan fingerprint density at radius 2 is 2.00 bits per heavy atom. The van der Waals surface area contributed by atoms with Gasteiger partial charge in [0, 0.05) is 29.3 Å². The number of rotatable bonds is 3. The molecule has 0 N–H and O–H groups in total. The number of non-ortho nitro benzene ring substituents is 1. The summed E-state index contributed by atoms with van der Waals surface area (Å²) in [7, 11) is 0. The quantitative estimate of drug-likeness (QED) is 0.531. The van der Waals surface area contributed by atoms with Gasteiger partial charge in [0.1, 0.15) is 11.5 Å². The molecule has 2 heterocycles. The summed E-state index contributed by atoms with van der Waals surface area (Å²) in [5, 5.41) is 10.6. The number of ether oxygens (including phenoxy) is 1. The fourth-order valence-electron chi connectivity index (χ4n) is 1.88. The van der Waals surface area contributed by atoms with Gasteiger partial charge in [-0.1, -0.05) is 0 Å². The third kappa shape index (κ3) is 2.33. The maximum Gasteiger partial charge on any atom is 0.269 e. The van der Waals surface area contributed by atoms with Crippen LogP contribution in [-0.2, 0) is 0 Å². The van der Waals surface area contributed by atoms with Gasteiger partial charge in [0.25, 0.3) is 5.69 Å². The molecule has 0 atom stereocenters. The zero-order valence-electron chi connectivity index (χ0n) is 10.6. The van der Waals surface area contributed by atoms with Crippen molar-refractivity contribution in [1.29, 1.82) is 0 Å². The van der Waals surface area contributed by atoms with E-state index in [2.05, 4.69) is 4.98 Å². The Kier molecular flexibility index (Phi) is 3.08. The summed E-state index contributed by atoms with van der Waals surface area (Å²) in [5.41, 5.74) is 0.941. The molecule has 0 bridgehead atoms. The normalized spacial score (nSPS) is 10.7. The van der Waals surface area contributed by atoms with Crippen molar-refractivity contribution in [1.82, 2.24) is 4.98 Å². The summed E-state index contributed by atoms with van der Waals surface area (Å²) in [5.74, 6) is 1.27. The number of fused-ring (bicyclic) bond motifs is 1. The second-order valence-corrected chi connectivity index (χ2v) is 5.49. The second kappa shape index (κ2) is 4.90. The van der Waals surface area contributed by atoms with Crippen LogP contribution in [0.15, 0.2) is 42.6 Å². The summed E-state index contributed by atoms with van der Waals surface area (Å²) >= 11 is 1.61. The molecule has 0 amide bonds. The van der Waals surface area contributed by atoms with Crippen molar-refractivity contribution in [2.45, 2.75) is 6.92 Å². The predicted molar refractivity (Wildman–Crippen MR) is 77.5 cm³/mol. The van der Waals surface area contributed by atoms with Crippen molar-refractivity contribution in [3.63, 3.8) is 0 Å². The first-order valence-corrected chi connectivity index (χ1v) is 6.72. The number of benzene rings is 1. The SMILES string of the molecule is Cc1cc2nccc(Oc3ccc([N+](=O)[O-])cc3)c2s1. The van der Waals surface area contributed by atoms with Gasteiger partial charge in [-0.15, -0.1) is 11.3 Å². The smallest absolute Gasteiger partial charge is 0.269 e. The Hall–Kier alpha value is -2.47. The number of nitrogens with zero attached hydrogens (tertiary/aromatic N) is 2. The molecule has 0 spiro atoms. The van der Waals surface area contributed by atoms with Gasteiger partial charge < -0.3 is 4.74 Å². The largest absolute Gasteiger partial charge is 0.456 e. The number of thiophene rings is 1. The molecule has 3 rings (SSSR count). The van der Waals surface area contributed by atoms with E-state index >= 15 is 0 Å². The van der Waals surface area contributed by atoms with Gasteiger partial charge in [-0.3, -0.25) is 15.1 Å². The highest BCUT2D eigenvalue weighted by atomic mass is 32.1. The van der Waals surface area contributed by atoms with E-state index in [1.807, 2.05) is 13.0 Å². The van der Waals surface area contributed by atoms with Crippen LogP contribution in [0.3, 0.4) is 0 Å². The lowest BCUT2D eigenvalue weighted by molar-refractivity contribution is -0.384. The van der Waals surface area contributed by atoms with Crippen molar-refractivity contribution >= 4 is 27.2 Å². The molecular formula is C14H10N2O3S. The van der Waals surface area contributed by atoms with Crippen LogP contribution >= 0.6 is 11.3 Å². The van der Waals surface area contributed by atoms with Crippen molar-refractivity contribution in [3.8, 4) is 11.5 Å². The van der Waals surface area contributed by atoms with Crippen LogP contribution in [0.25, 0.3) is 10.2 Å². The van der Waals surface area contributed by atoms with E-state index in [0.717, 1.165) is 15.1 Å². The van der Waals surface area contributed by atoms with Gasteiger partial charge in [0.05, 0.1) is 15.1 Å². The second-order valence-electron chi connectivity index (χ2n) is 4.23. The molecule has 6 heteroatoms. The fraction of sp³-hybridized carbons (Fsp3) is 0.0714. The number of aromatic nitrogens is 1. The molecule has 1 aromatic carbocycles. The van der Waals surface area contributed by atoms with Crippen LogP contribution < -0.4 is 4.74 Å². The summed E-state index contributed by atoms with van der Waals surface area (Å²) in [4.78, 5) is 15.6. The minimum absolute atomic E-state index is 0.0455. The molecule has 100 valence electrons. The molecule has 2 aromatic heterocycles. The highest BCUT2D eigenvalue weighted by Crippen LogP contribution is 2.34. The average Bonchev–Trinajstić information content (AvgIpc) is 2.81. The van der Waals surface area contributed by atoms with E-state index < -0.39 is 4.92 Å². The first-order valence-electron chi connectivity index (χ1n) is 5.91. The van der Waals surface area contributed by atoms with Gasteiger partial charge in [0.2, 0.25) is 0 Å². The molecule has 0 unspecified atom stereocenters. The highest BCUT2D eigenvalue weighted by Gasteiger charge is 2.09. The lowest BCUT2D eigenvalue weighted by Crippen LogP contribution is -1.88. The molecule has 0 radical (unpaired) electrons. The van der Waals surface area contributed by atoms with Crippen molar-refractivity contribution < 1.29 is 9.66 Å². The third-order valence-corrected chi connectivity index (χ3v) is 3.83. The molecule has 20 heavy (non-hydrogen) atoms. The summed E-state index contributed by atoms with van der Waals surface area (Å²) < 4.78 is 6.76. The van der Waals surface area contributed by atoms with Crippen molar-refractivity contribution in [3.05, 3.63) is 57.6 Å². The molecule has 0 saturated carbocycles. The number of nitro benzene ring substituents is 1. The zero-order chi connectivity index (χ0) is 14.1.